The molecule has 0 radical (unpaired) electrons. The Bertz CT molecular complexity index is 412. The molecule has 1 heterocycles. The van der Waals surface area contributed by atoms with Crippen LogP contribution in [0.3, 0.4) is 0 Å². The molecule has 1 aliphatic heterocycles. The zero-order valence-electron chi connectivity index (χ0n) is 11.7. The summed E-state index contributed by atoms with van der Waals surface area (Å²) in [5, 5.41) is 7.64. The van der Waals surface area contributed by atoms with Gasteiger partial charge in [0.2, 0.25) is 17.5 Å². The fraction of sp³-hybridized carbons (Fsp3) is 0.583. The molecule has 1 rings (SSSR count). The third kappa shape index (κ3) is 6.07. The standard InChI is InChI=1S/C9H14N2O3.C3H4O3/c1-7(12)9(14)11-5-3-10(4-6-11)8(2)13;1-2(4)3(5)6/h3-6H2,1-2H3;1H3,(H,5,6). The largest absolute Gasteiger partial charge is 0.476 e. The van der Waals surface area contributed by atoms with E-state index >= 15 is 0 Å². The summed E-state index contributed by atoms with van der Waals surface area (Å²) >= 11 is 0. The van der Waals surface area contributed by atoms with E-state index in [-0.39, 0.29) is 5.91 Å². The van der Waals surface area contributed by atoms with Crippen molar-refractivity contribution in [3.05, 3.63) is 0 Å². The van der Waals surface area contributed by atoms with Crippen LogP contribution in [-0.2, 0) is 24.0 Å². The van der Waals surface area contributed by atoms with Crippen molar-refractivity contribution in [2.75, 3.05) is 26.2 Å². The van der Waals surface area contributed by atoms with E-state index in [0.717, 1.165) is 6.92 Å². The van der Waals surface area contributed by atoms with Crippen LogP contribution in [0.5, 0.6) is 0 Å². The minimum absolute atomic E-state index is 0.0138. The monoisotopic (exact) mass is 286 g/mol. The van der Waals surface area contributed by atoms with E-state index in [2.05, 4.69) is 0 Å². The number of aliphatic carboxylic acids is 1. The lowest BCUT2D eigenvalue weighted by Gasteiger charge is -2.33. The van der Waals surface area contributed by atoms with Crippen molar-refractivity contribution < 1.29 is 29.1 Å². The summed E-state index contributed by atoms with van der Waals surface area (Å²) in [4.78, 5) is 55.1. The summed E-state index contributed by atoms with van der Waals surface area (Å²) in [6.45, 7) is 5.73. The number of nitrogens with zero attached hydrogens (tertiary/aromatic N) is 2. The van der Waals surface area contributed by atoms with Gasteiger partial charge in [0.15, 0.2) is 0 Å². The Morgan fingerprint density at radius 2 is 1.10 bits per heavy atom. The van der Waals surface area contributed by atoms with Crippen LogP contribution in [-0.4, -0.2) is 70.4 Å². The average Bonchev–Trinajstić information content (AvgIpc) is 2.38. The van der Waals surface area contributed by atoms with Gasteiger partial charge in [0.05, 0.1) is 0 Å². The normalized spacial score (nSPS) is 13.9. The second-order valence-electron chi connectivity index (χ2n) is 4.22. The molecule has 20 heavy (non-hydrogen) atoms. The number of Topliss-reactive ketones (excluding diaryl/α,β-unsaturated/α-hetero) is 2. The molecule has 1 aliphatic rings. The Morgan fingerprint density at radius 3 is 1.35 bits per heavy atom. The highest BCUT2D eigenvalue weighted by Crippen LogP contribution is 2.02. The first-order valence-electron chi connectivity index (χ1n) is 5.96. The molecule has 8 nitrogen and oxygen atoms in total. The predicted octanol–water partition coefficient (Wildman–Crippen LogP) is -1.07. The molecule has 1 N–H and O–H groups in total. The van der Waals surface area contributed by atoms with Crippen molar-refractivity contribution in [3.8, 4) is 0 Å². The fourth-order valence-electron chi connectivity index (χ4n) is 1.45. The van der Waals surface area contributed by atoms with Crippen LogP contribution in [0.25, 0.3) is 0 Å². The number of hydrogen-bond donors (Lipinski definition) is 1. The van der Waals surface area contributed by atoms with E-state index < -0.39 is 23.4 Å². The van der Waals surface area contributed by atoms with Gasteiger partial charge in [0, 0.05) is 47.0 Å². The average molecular weight is 286 g/mol. The lowest BCUT2D eigenvalue weighted by atomic mass is 10.3. The number of carbonyl (C=O) groups is 5. The zero-order valence-corrected chi connectivity index (χ0v) is 11.7. The van der Waals surface area contributed by atoms with Crippen molar-refractivity contribution in [1.29, 1.82) is 0 Å². The maximum Gasteiger partial charge on any atom is 0.371 e. The number of ketones is 2. The molecule has 0 aromatic rings. The molecule has 1 saturated heterocycles. The number of carboxylic acid groups (broad SMARTS) is 1. The Kier molecular flexibility index (Phi) is 7.12. The maximum atomic E-state index is 11.2. The summed E-state index contributed by atoms with van der Waals surface area (Å²) in [5.74, 6) is -3.08. The molecule has 1 fully saturated rings. The van der Waals surface area contributed by atoms with E-state index in [1.54, 1.807) is 4.90 Å². The minimum Gasteiger partial charge on any atom is -0.476 e. The highest BCUT2D eigenvalue weighted by Gasteiger charge is 2.24. The SMILES string of the molecule is CC(=O)C(=O)N1CCN(C(C)=O)CC1.CC(=O)C(=O)O. The molecule has 0 aromatic heterocycles. The Balaban J connectivity index is 0.000000511. The van der Waals surface area contributed by atoms with Crippen LogP contribution >= 0.6 is 0 Å². The number of rotatable bonds is 2. The van der Waals surface area contributed by atoms with Crippen LogP contribution < -0.4 is 0 Å². The molecule has 0 unspecified atom stereocenters. The van der Waals surface area contributed by atoms with Gasteiger partial charge >= 0.3 is 5.97 Å². The van der Waals surface area contributed by atoms with Gasteiger partial charge in [-0.2, -0.15) is 0 Å². The number of carbonyl (C=O) groups excluding carboxylic acids is 4. The summed E-state index contributed by atoms with van der Waals surface area (Å²) in [7, 11) is 0. The van der Waals surface area contributed by atoms with Gasteiger partial charge in [-0.1, -0.05) is 0 Å². The highest BCUT2D eigenvalue weighted by molar-refractivity contribution is 6.35. The summed E-state index contributed by atoms with van der Waals surface area (Å²) in [6.07, 6.45) is 0. The first kappa shape index (κ1) is 17.8. The Labute approximate surface area is 116 Å². The zero-order chi connectivity index (χ0) is 15.9. The Hall–Kier alpha value is -2.25. The molecule has 112 valence electrons. The molecule has 0 bridgehead atoms. The van der Waals surface area contributed by atoms with Crippen LogP contribution in [0.15, 0.2) is 0 Å². The van der Waals surface area contributed by atoms with Gasteiger partial charge in [-0.3, -0.25) is 19.2 Å². The molecule has 0 spiro atoms. The van der Waals surface area contributed by atoms with E-state index in [1.165, 1.54) is 18.7 Å². The van der Waals surface area contributed by atoms with Crippen LogP contribution in [0.4, 0.5) is 0 Å². The third-order valence-corrected chi connectivity index (χ3v) is 2.61. The molecule has 0 aliphatic carbocycles. The maximum absolute atomic E-state index is 11.2. The summed E-state index contributed by atoms with van der Waals surface area (Å²) < 4.78 is 0. The second kappa shape index (κ2) is 8.03. The first-order chi connectivity index (χ1) is 9.16. The van der Waals surface area contributed by atoms with Crippen molar-refractivity contribution in [3.63, 3.8) is 0 Å². The van der Waals surface area contributed by atoms with E-state index in [9.17, 15) is 24.0 Å². The van der Waals surface area contributed by atoms with Crippen molar-refractivity contribution in [2.24, 2.45) is 0 Å². The van der Waals surface area contributed by atoms with E-state index in [1.807, 2.05) is 0 Å². The highest BCUT2D eigenvalue weighted by atomic mass is 16.4. The van der Waals surface area contributed by atoms with Gasteiger partial charge in [-0.05, 0) is 0 Å². The number of piperazine rings is 1. The minimum atomic E-state index is -1.38. The number of amides is 2. The van der Waals surface area contributed by atoms with Gasteiger partial charge in [0.1, 0.15) is 0 Å². The van der Waals surface area contributed by atoms with Gasteiger partial charge < -0.3 is 14.9 Å². The quantitative estimate of drug-likeness (QED) is 0.647. The number of carboxylic acids is 1. The fourth-order valence-corrected chi connectivity index (χ4v) is 1.45. The van der Waals surface area contributed by atoms with Crippen molar-refractivity contribution in [1.82, 2.24) is 9.80 Å². The van der Waals surface area contributed by atoms with Crippen LogP contribution in [0, 0.1) is 0 Å². The molecule has 0 atom stereocenters. The van der Waals surface area contributed by atoms with E-state index in [0.29, 0.717) is 26.2 Å². The van der Waals surface area contributed by atoms with Gasteiger partial charge in [0.25, 0.3) is 5.91 Å². The van der Waals surface area contributed by atoms with Crippen LogP contribution in [0.1, 0.15) is 20.8 Å². The smallest absolute Gasteiger partial charge is 0.371 e. The van der Waals surface area contributed by atoms with Crippen molar-refractivity contribution in [2.45, 2.75) is 20.8 Å². The predicted molar refractivity (Wildman–Crippen MR) is 67.8 cm³/mol. The summed E-state index contributed by atoms with van der Waals surface area (Å²) in [5.41, 5.74) is 0. The van der Waals surface area contributed by atoms with Crippen molar-refractivity contribution >= 4 is 29.4 Å². The molecule has 8 heteroatoms. The van der Waals surface area contributed by atoms with Gasteiger partial charge in [-0.15, -0.1) is 0 Å². The molecule has 0 saturated carbocycles. The Morgan fingerprint density at radius 1 is 0.750 bits per heavy atom. The number of hydrogen-bond acceptors (Lipinski definition) is 5. The molecule has 0 aromatic carbocycles. The molecular formula is C12H18N2O6. The van der Waals surface area contributed by atoms with E-state index in [4.69, 9.17) is 5.11 Å². The van der Waals surface area contributed by atoms with Crippen LogP contribution in [0.2, 0.25) is 0 Å². The summed E-state index contributed by atoms with van der Waals surface area (Å²) in [6, 6.07) is 0. The molecule has 2 amide bonds. The van der Waals surface area contributed by atoms with Gasteiger partial charge in [-0.25, -0.2) is 4.79 Å². The second-order valence-corrected chi connectivity index (χ2v) is 4.22. The third-order valence-electron chi connectivity index (χ3n) is 2.61. The first-order valence-corrected chi connectivity index (χ1v) is 5.96. The topological polar surface area (TPSA) is 112 Å². The lowest BCUT2D eigenvalue weighted by Crippen LogP contribution is -2.51. The lowest BCUT2D eigenvalue weighted by molar-refractivity contribution is -0.148. The molecular weight excluding hydrogens is 268 g/mol.